The quantitative estimate of drug-likeness (QED) is 0.0321. The van der Waals surface area contributed by atoms with Crippen molar-refractivity contribution in [3.05, 3.63) is 87.7 Å². The van der Waals surface area contributed by atoms with E-state index in [4.69, 9.17) is 34.2 Å². The molecule has 8 N–H and O–H groups in total. The average molecular weight is 940 g/mol. The Morgan fingerprint density at radius 1 is 0.687 bits per heavy atom. The number of rotatable bonds is 35. The Labute approximate surface area is 385 Å². The topological polar surface area (TPSA) is 307 Å². The van der Waals surface area contributed by atoms with Crippen molar-refractivity contribution in [1.29, 1.82) is 0 Å². The molecule has 23 heteroatoms. The van der Waals surface area contributed by atoms with Crippen LogP contribution in [0.5, 0.6) is 0 Å². The highest BCUT2D eigenvalue weighted by molar-refractivity contribution is 5.97. The van der Waals surface area contributed by atoms with Gasteiger partial charge in [0.25, 0.3) is 17.4 Å². The summed E-state index contributed by atoms with van der Waals surface area (Å²) in [6.07, 6.45) is 1.93. The van der Waals surface area contributed by atoms with Crippen LogP contribution in [0.15, 0.2) is 59.5 Å². The molecular formula is C44H58FN9O13. The number of ketones is 1. The molecule has 0 bridgehead atoms. The van der Waals surface area contributed by atoms with Crippen molar-refractivity contribution in [3.8, 4) is 0 Å². The number of aromatic amines is 1. The number of hydrogen-bond acceptors (Lipinski definition) is 17. The van der Waals surface area contributed by atoms with Crippen LogP contribution in [0.25, 0.3) is 11.2 Å². The fourth-order valence-corrected chi connectivity index (χ4v) is 5.83. The first kappa shape index (κ1) is 53.1. The summed E-state index contributed by atoms with van der Waals surface area (Å²) in [7, 11) is 0. The first-order valence-electron chi connectivity index (χ1n) is 21.7. The Kier molecular flexibility index (Phi) is 24.3. The molecule has 0 radical (unpaired) electrons. The fraction of sp³-hybridized carbons (Fsp3) is 0.477. The van der Waals surface area contributed by atoms with Gasteiger partial charge < -0.3 is 60.5 Å². The minimum Gasteiger partial charge on any atom is -0.480 e. The molecule has 22 nitrogen and oxygen atoms in total. The number of anilines is 2. The van der Waals surface area contributed by atoms with E-state index in [1.54, 1.807) is 12.1 Å². The van der Waals surface area contributed by atoms with Crippen molar-refractivity contribution >= 4 is 52.3 Å². The third-order valence-corrected chi connectivity index (χ3v) is 9.35. The third kappa shape index (κ3) is 21.6. The van der Waals surface area contributed by atoms with Gasteiger partial charge in [-0.05, 0) is 61.4 Å². The molecule has 0 spiro atoms. The monoisotopic (exact) mass is 939 g/mol. The van der Waals surface area contributed by atoms with Gasteiger partial charge in [0, 0.05) is 49.2 Å². The molecule has 67 heavy (non-hydrogen) atoms. The van der Waals surface area contributed by atoms with E-state index in [2.05, 4.69) is 41.2 Å². The van der Waals surface area contributed by atoms with E-state index in [1.807, 2.05) is 0 Å². The SMILES string of the molecule is Nc1nc2ncc(CNc3ccc(C(=O)NC(CCC(=O)CCCNC(=O)CCOCCOCCOCCOCCOCCOCCNC(=O)c4ccc(F)cc4)C(=O)O)cc3)nc2c(=O)[nH]1. The summed E-state index contributed by atoms with van der Waals surface area (Å²) >= 11 is 0. The Bertz CT molecular complexity index is 2220. The van der Waals surface area contributed by atoms with Crippen LogP contribution >= 0.6 is 0 Å². The molecule has 0 aliphatic heterocycles. The normalized spacial score (nSPS) is 11.5. The van der Waals surface area contributed by atoms with Gasteiger partial charge in [0.2, 0.25) is 11.9 Å². The lowest BCUT2D eigenvalue weighted by Gasteiger charge is -2.14. The number of aromatic nitrogens is 4. The number of nitrogens with zero attached hydrogens (tertiary/aromatic N) is 3. The van der Waals surface area contributed by atoms with E-state index in [1.165, 1.54) is 42.6 Å². The highest BCUT2D eigenvalue weighted by Gasteiger charge is 2.22. The van der Waals surface area contributed by atoms with Crippen LogP contribution < -0.4 is 32.6 Å². The molecular weight excluding hydrogens is 882 g/mol. The van der Waals surface area contributed by atoms with Crippen LogP contribution in [0.4, 0.5) is 16.0 Å². The van der Waals surface area contributed by atoms with E-state index in [0.717, 1.165) is 0 Å². The number of halogens is 1. The lowest BCUT2D eigenvalue weighted by atomic mass is 10.1. The van der Waals surface area contributed by atoms with Gasteiger partial charge in [-0.1, -0.05) is 0 Å². The van der Waals surface area contributed by atoms with E-state index in [0.29, 0.717) is 103 Å². The van der Waals surface area contributed by atoms with Gasteiger partial charge >= 0.3 is 5.97 Å². The van der Waals surface area contributed by atoms with E-state index in [-0.39, 0.29) is 85.7 Å². The van der Waals surface area contributed by atoms with E-state index < -0.39 is 29.3 Å². The number of ether oxygens (including phenoxy) is 6. The first-order chi connectivity index (χ1) is 32.5. The molecule has 364 valence electrons. The standard InChI is InChI=1S/C44H58FN9O13/c45-32-7-3-30(4-8-32)40(57)48-15-17-63-19-21-65-23-25-67-27-26-66-24-22-64-20-18-62-16-13-37(56)47-14-1-2-35(55)11-12-36(43(60)61)52-41(58)31-5-9-33(10-6-31)49-28-34-29-50-39-38(51-34)42(59)54-44(46)53-39/h3-10,29,36,49H,1-2,11-28H2,(H,47,56)(H,48,57)(H,52,58)(H,60,61)(H3,46,50,53,54,59). The molecule has 0 fully saturated rings. The maximum absolute atomic E-state index is 12.9. The first-order valence-corrected chi connectivity index (χ1v) is 21.7. The highest BCUT2D eigenvalue weighted by atomic mass is 19.1. The average Bonchev–Trinajstić information content (AvgIpc) is 3.31. The zero-order valence-corrected chi connectivity index (χ0v) is 37.1. The van der Waals surface area contributed by atoms with E-state index in [9.17, 15) is 38.3 Å². The van der Waals surface area contributed by atoms with Gasteiger partial charge in [-0.15, -0.1) is 0 Å². The van der Waals surface area contributed by atoms with Crippen molar-refractivity contribution < 1.29 is 61.9 Å². The molecule has 0 saturated carbocycles. The number of carbonyl (C=O) groups excluding carboxylic acids is 4. The third-order valence-electron chi connectivity index (χ3n) is 9.35. The minimum atomic E-state index is -1.28. The van der Waals surface area contributed by atoms with Crippen molar-refractivity contribution in [2.24, 2.45) is 0 Å². The molecule has 2 heterocycles. The number of fused-ring (bicyclic) bond motifs is 1. The number of hydrogen-bond donors (Lipinski definition) is 7. The Morgan fingerprint density at radius 2 is 1.25 bits per heavy atom. The number of carboxylic acid groups (broad SMARTS) is 1. The minimum absolute atomic E-state index is 0.0441. The number of benzene rings is 2. The molecule has 0 aliphatic rings. The summed E-state index contributed by atoms with van der Waals surface area (Å²) in [5.74, 6) is -3.08. The Hall–Kier alpha value is -6.50. The van der Waals surface area contributed by atoms with Crippen LogP contribution in [-0.4, -0.2) is 153 Å². The Balaban J connectivity index is 0.901. The molecule has 4 aromatic rings. The zero-order chi connectivity index (χ0) is 48.1. The van der Waals surface area contributed by atoms with Crippen LogP contribution in [0.3, 0.4) is 0 Å². The number of aliphatic carboxylic acids is 1. The lowest BCUT2D eigenvalue weighted by molar-refractivity contribution is -0.139. The molecule has 0 saturated heterocycles. The summed E-state index contributed by atoms with van der Waals surface area (Å²) in [6.45, 7) is 5.05. The number of amides is 3. The van der Waals surface area contributed by atoms with Crippen LogP contribution in [0.2, 0.25) is 0 Å². The van der Waals surface area contributed by atoms with Gasteiger partial charge in [-0.3, -0.25) is 29.0 Å². The lowest BCUT2D eigenvalue weighted by Crippen LogP contribution is -2.41. The number of nitrogen functional groups attached to an aromatic ring is 1. The largest absolute Gasteiger partial charge is 0.480 e. The second kappa shape index (κ2) is 30.7. The summed E-state index contributed by atoms with van der Waals surface area (Å²) in [6, 6.07) is 10.3. The summed E-state index contributed by atoms with van der Waals surface area (Å²) in [5.41, 5.74) is 6.86. The van der Waals surface area contributed by atoms with Gasteiger partial charge in [0.05, 0.1) is 97.7 Å². The predicted octanol–water partition coefficient (Wildman–Crippen LogP) is 1.39. The molecule has 1 unspecified atom stereocenters. The molecule has 1 atom stereocenters. The second-order valence-corrected chi connectivity index (χ2v) is 14.5. The number of carboxylic acids is 1. The van der Waals surface area contributed by atoms with Gasteiger partial charge in [0.15, 0.2) is 11.2 Å². The van der Waals surface area contributed by atoms with Crippen molar-refractivity contribution in [1.82, 2.24) is 35.9 Å². The fourth-order valence-electron chi connectivity index (χ4n) is 5.83. The molecule has 3 amide bonds. The number of Topliss-reactive ketones (excluding diaryl/α,β-unsaturated/α-hetero) is 1. The van der Waals surface area contributed by atoms with Crippen LogP contribution in [0, 0.1) is 5.82 Å². The summed E-state index contributed by atoms with van der Waals surface area (Å²) in [5, 5.41) is 20.6. The summed E-state index contributed by atoms with van der Waals surface area (Å²) in [4.78, 5) is 87.9. The molecule has 2 aromatic carbocycles. The maximum Gasteiger partial charge on any atom is 0.326 e. The Morgan fingerprint density at radius 3 is 1.87 bits per heavy atom. The van der Waals surface area contributed by atoms with Crippen molar-refractivity contribution in [2.45, 2.75) is 44.7 Å². The molecule has 0 aliphatic carbocycles. The molecule has 4 rings (SSSR count). The van der Waals surface area contributed by atoms with Crippen molar-refractivity contribution in [3.63, 3.8) is 0 Å². The number of H-pyrrole nitrogens is 1. The second-order valence-electron chi connectivity index (χ2n) is 14.5. The number of nitrogens with two attached hydrogens (primary N) is 1. The highest BCUT2D eigenvalue weighted by Crippen LogP contribution is 2.13. The summed E-state index contributed by atoms with van der Waals surface area (Å²) < 4.78 is 45.6. The molecule has 2 aromatic heterocycles. The number of carbonyl (C=O) groups is 5. The zero-order valence-electron chi connectivity index (χ0n) is 37.1. The predicted molar refractivity (Wildman–Crippen MR) is 240 cm³/mol. The van der Waals surface area contributed by atoms with Gasteiger partial charge in [-0.25, -0.2) is 19.2 Å². The van der Waals surface area contributed by atoms with Crippen LogP contribution in [0.1, 0.15) is 58.5 Å². The van der Waals surface area contributed by atoms with Crippen LogP contribution in [-0.2, 0) is 49.3 Å². The maximum atomic E-state index is 12.9. The van der Waals surface area contributed by atoms with Crippen molar-refractivity contribution in [2.75, 3.05) is 103 Å². The van der Waals surface area contributed by atoms with Gasteiger partial charge in [0.1, 0.15) is 17.6 Å². The van der Waals surface area contributed by atoms with E-state index >= 15 is 0 Å². The van der Waals surface area contributed by atoms with Gasteiger partial charge in [-0.2, -0.15) is 4.98 Å². The smallest absolute Gasteiger partial charge is 0.326 e. The number of nitrogens with one attached hydrogen (secondary N) is 5.